The lowest BCUT2D eigenvalue weighted by Gasteiger charge is -2.46. The van der Waals surface area contributed by atoms with E-state index in [1.165, 1.54) is 16.5 Å². The molecule has 1 aromatic carbocycles. The van der Waals surface area contributed by atoms with Gasteiger partial charge < -0.3 is 15.2 Å². The third-order valence-corrected chi connectivity index (χ3v) is 6.01. The van der Waals surface area contributed by atoms with Gasteiger partial charge in [0.1, 0.15) is 0 Å². The van der Waals surface area contributed by atoms with Gasteiger partial charge in [0, 0.05) is 40.9 Å². The van der Waals surface area contributed by atoms with E-state index in [2.05, 4.69) is 46.4 Å². The fourth-order valence-electron chi connectivity index (χ4n) is 4.66. The van der Waals surface area contributed by atoms with Gasteiger partial charge in [0.2, 0.25) is 5.91 Å². The van der Waals surface area contributed by atoms with Crippen LogP contribution in [-0.4, -0.2) is 41.5 Å². The van der Waals surface area contributed by atoms with E-state index in [1.807, 2.05) is 20.8 Å². The quantitative estimate of drug-likeness (QED) is 0.778. The molecule has 2 N–H and O–H groups in total. The second-order valence-corrected chi connectivity index (χ2v) is 8.87. The molecule has 0 unspecified atom stereocenters. The molecule has 26 heavy (non-hydrogen) atoms. The number of rotatable bonds is 1. The predicted molar refractivity (Wildman–Crippen MR) is 105 cm³/mol. The van der Waals surface area contributed by atoms with Gasteiger partial charge in [0.25, 0.3) is 0 Å². The molecule has 136 valence electrons. The topological polar surface area (TPSA) is 48.1 Å². The number of nitrogens with zero attached hydrogens (tertiary/aromatic N) is 1. The Labute approximate surface area is 155 Å². The van der Waals surface area contributed by atoms with Gasteiger partial charge in [-0.15, -0.1) is 6.42 Å². The number of amides is 1. The van der Waals surface area contributed by atoms with Gasteiger partial charge >= 0.3 is 0 Å². The summed E-state index contributed by atoms with van der Waals surface area (Å²) in [5.74, 6) is 3.37. The number of piperidine rings is 1. The van der Waals surface area contributed by atoms with Crippen LogP contribution in [-0.2, 0) is 11.2 Å². The fraction of sp³-hybridized carbons (Fsp3) is 0.500. The Kier molecular flexibility index (Phi) is 3.89. The number of likely N-dealkylation sites (N-methyl/N-ethyl adjacent to an activating group) is 1. The number of benzene rings is 1. The van der Waals surface area contributed by atoms with Crippen molar-refractivity contribution in [2.75, 3.05) is 13.6 Å². The summed E-state index contributed by atoms with van der Waals surface area (Å²) in [6.07, 6.45) is 7.69. The molecule has 0 bridgehead atoms. The summed E-state index contributed by atoms with van der Waals surface area (Å²) in [6.45, 7) is 6.77. The van der Waals surface area contributed by atoms with Gasteiger partial charge in [-0.3, -0.25) is 4.79 Å². The van der Waals surface area contributed by atoms with Gasteiger partial charge in [-0.1, -0.05) is 38.8 Å². The van der Waals surface area contributed by atoms with Crippen LogP contribution in [0.2, 0.25) is 0 Å². The summed E-state index contributed by atoms with van der Waals surface area (Å²) in [6, 6.07) is 7.06. The van der Waals surface area contributed by atoms with Crippen molar-refractivity contribution in [3.8, 4) is 12.3 Å². The minimum absolute atomic E-state index is 0.125. The van der Waals surface area contributed by atoms with Crippen LogP contribution >= 0.6 is 0 Å². The number of aromatic amines is 1. The average molecular weight is 349 g/mol. The summed E-state index contributed by atoms with van der Waals surface area (Å²) in [7, 11) is 2.17. The highest BCUT2D eigenvalue weighted by Gasteiger charge is 2.41. The van der Waals surface area contributed by atoms with Crippen molar-refractivity contribution in [1.82, 2.24) is 15.2 Å². The number of carbonyl (C=O) groups is 1. The number of fused-ring (bicyclic) bond motifs is 2. The summed E-state index contributed by atoms with van der Waals surface area (Å²) >= 11 is 0. The molecule has 1 aliphatic heterocycles. The number of carbonyl (C=O) groups excluding carboxylic acids is 1. The zero-order valence-electron chi connectivity index (χ0n) is 16.0. The minimum Gasteiger partial charge on any atom is -0.352 e. The molecule has 1 saturated heterocycles. The van der Waals surface area contributed by atoms with Crippen molar-refractivity contribution >= 4 is 16.8 Å². The maximum Gasteiger partial charge on any atom is 0.225 e. The number of H-pyrrole nitrogens is 1. The van der Waals surface area contributed by atoms with E-state index in [0.29, 0.717) is 12.0 Å². The molecular weight excluding hydrogens is 322 g/mol. The zero-order valence-corrected chi connectivity index (χ0v) is 16.0. The minimum atomic E-state index is -0.364. The average Bonchev–Trinajstić information content (AvgIpc) is 2.94. The Morgan fingerprint density at radius 3 is 2.85 bits per heavy atom. The second kappa shape index (κ2) is 5.89. The Morgan fingerprint density at radius 2 is 2.15 bits per heavy atom. The van der Waals surface area contributed by atoms with E-state index in [4.69, 9.17) is 6.42 Å². The van der Waals surface area contributed by atoms with Crippen LogP contribution < -0.4 is 5.32 Å². The Bertz CT molecular complexity index is 912. The second-order valence-electron chi connectivity index (χ2n) is 8.87. The van der Waals surface area contributed by atoms with Gasteiger partial charge in [-0.2, -0.15) is 0 Å². The predicted octanol–water partition coefficient (Wildman–Crippen LogP) is 3.02. The maximum atomic E-state index is 12.5. The Morgan fingerprint density at radius 1 is 1.38 bits per heavy atom. The molecule has 0 radical (unpaired) electrons. The summed E-state index contributed by atoms with van der Waals surface area (Å²) in [5.41, 5.74) is 4.34. The number of hydrogen-bond acceptors (Lipinski definition) is 2. The molecule has 0 saturated carbocycles. The molecule has 2 heterocycles. The molecule has 4 nitrogen and oxygen atoms in total. The van der Waals surface area contributed by atoms with Gasteiger partial charge in [0.05, 0.1) is 5.69 Å². The van der Waals surface area contributed by atoms with Gasteiger partial charge in [0.15, 0.2) is 0 Å². The van der Waals surface area contributed by atoms with Crippen molar-refractivity contribution in [2.24, 2.45) is 5.41 Å². The first kappa shape index (κ1) is 17.2. The van der Waals surface area contributed by atoms with Crippen LogP contribution in [0.5, 0.6) is 0 Å². The molecule has 1 aromatic heterocycles. The van der Waals surface area contributed by atoms with Gasteiger partial charge in [-0.05, 0) is 37.1 Å². The number of aromatic nitrogens is 1. The number of hydrogen-bond donors (Lipinski definition) is 2. The standard InChI is InChI=1S/C22H27N3O/c1-6-17-16-11-19-15(14-8-7-9-18(24-17)20(14)16)10-13(12-25(19)5)23-21(26)22(2,3)4/h1,7-9,13,15,19,24H,10-12H2,2-5H3,(H,23,26)/t13-,15+,19+/m0/s1. The molecule has 4 rings (SSSR count). The van der Waals surface area contributed by atoms with E-state index in [0.717, 1.165) is 30.6 Å². The van der Waals surface area contributed by atoms with E-state index in [9.17, 15) is 4.79 Å². The van der Waals surface area contributed by atoms with Crippen molar-refractivity contribution in [3.05, 3.63) is 35.0 Å². The van der Waals surface area contributed by atoms with Gasteiger partial charge in [-0.25, -0.2) is 0 Å². The normalized spacial score (nSPS) is 25.6. The Hall–Kier alpha value is -2.25. The van der Waals surface area contributed by atoms with E-state index >= 15 is 0 Å². The highest BCUT2D eigenvalue weighted by Crippen LogP contribution is 2.44. The zero-order chi connectivity index (χ0) is 18.6. The molecule has 1 fully saturated rings. The van der Waals surface area contributed by atoms with Crippen molar-refractivity contribution in [1.29, 1.82) is 0 Å². The molecule has 0 spiro atoms. The molecule has 1 aliphatic carbocycles. The van der Waals surface area contributed by atoms with E-state index in [-0.39, 0.29) is 17.4 Å². The van der Waals surface area contributed by atoms with Crippen LogP contribution in [0.25, 0.3) is 10.9 Å². The van der Waals surface area contributed by atoms with Crippen LogP contribution in [0.15, 0.2) is 18.2 Å². The van der Waals surface area contributed by atoms with Crippen LogP contribution in [0.4, 0.5) is 0 Å². The Balaban J connectivity index is 1.70. The molecule has 4 heteroatoms. The lowest BCUT2D eigenvalue weighted by molar-refractivity contribution is -0.129. The van der Waals surface area contributed by atoms with Crippen LogP contribution in [0, 0.1) is 17.8 Å². The first-order valence-corrected chi connectivity index (χ1v) is 9.41. The number of likely N-dealkylation sites (tertiary alicyclic amines) is 1. The maximum absolute atomic E-state index is 12.5. The van der Waals surface area contributed by atoms with Crippen molar-refractivity contribution in [2.45, 2.75) is 51.6 Å². The summed E-state index contributed by atoms with van der Waals surface area (Å²) in [5, 5.41) is 4.58. The first-order valence-electron chi connectivity index (χ1n) is 9.41. The lowest BCUT2D eigenvalue weighted by atomic mass is 9.73. The van der Waals surface area contributed by atoms with E-state index < -0.39 is 0 Å². The van der Waals surface area contributed by atoms with Crippen LogP contribution in [0.1, 0.15) is 49.9 Å². The summed E-state index contributed by atoms with van der Waals surface area (Å²) in [4.78, 5) is 18.3. The van der Waals surface area contributed by atoms with Crippen molar-refractivity contribution < 1.29 is 4.79 Å². The molecule has 2 aliphatic rings. The smallest absolute Gasteiger partial charge is 0.225 e. The number of terminal acetylenes is 1. The van der Waals surface area contributed by atoms with E-state index in [1.54, 1.807) is 0 Å². The number of nitrogens with one attached hydrogen (secondary N) is 2. The fourth-order valence-corrected chi connectivity index (χ4v) is 4.66. The third-order valence-electron chi connectivity index (χ3n) is 6.01. The highest BCUT2D eigenvalue weighted by atomic mass is 16.2. The largest absolute Gasteiger partial charge is 0.352 e. The van der Waals surface area contributed by atoms with Crippen molar-refractivity contribution in [3.63, 3.8) is 0 Å². The molecular formula is C22H27N3O. The monoisotopic (exact) mass is 349 g/mol. The third kappa shape index (κ3) is 2.62. The summed E-state index contributed by atoms with van der Waals surface area (Å²) < 4.78 is 0. The lowest BCUT2D eigenvalue weighted by Crippen LogP contribution is -2.56. The first-order chi connectivity index (χ1) is 12.3. The molecule has 2 aromatic rings. The SMILES string of the molecule is C#Cc1[nH]c2cccc3c2c1C[C@@H]1[C@@H]3C[C@H](NC(=O)C(C)(C)C)CN1C. The van der Waals surface area contributed by atoms with Crippen LogP contribution in [0.3, 0.4) is 0 Å². The molecule has 1 amide bonds. The highest BCUT2D eigenvalue weighted by molar-refractivity contribution is 5.90. The molecule has 3 atom stereocenters.